The van der Waals surface area contributed by atoms with Gasteiger partial charge in [0.05, 0.1) is 4.47 Å². The van der Waals surface area contributed by atoms with Crippen LogP contribution in [0.2, 0.25) is 0 Å². The van der Waals surface area contributed by atoms with Crippen LogP contribution in [0.25, 0.3) is 0 Å². The first kappa shape index (κ1) is 15.5. The fourth-order valence-electron chi connectivity index (χ4n) is 2.73. The van der Waals surface area contributed by atoms with Gasteiger partial charge in [0, 0.05) is 11.6 Å². The van der Waals surface area contributed by atoms with Gasteiger partial charge in [-0.3, -0.25) is 4.79 Å². The van der Waals surface area contributed by atoms with E-state index in [1.54, 1.807) is 6.07 Å². The van der Waals surface area contributed by atoms with E-state index in [1.807, 2.05) is 6.92 Å². The van der Waals surface area contributed by atoms with Crippen LogP contribution in [0.15, 0.2) is 16.6 Å². The largest absolute Gasteiger partial charge is 0.326 e. The Bertz CT molecular complexity index is 482. The molecule has 1 aromatic rings. The van der Waals surface area contributed by atoms with Crippen molar-refractivity contribution in [2.24, 2.45) is 5.92 Å². The number of hydrogen-bond donors (Lipinski definition) is 1. The number of aryl methyl sites for hydroxylation is 1. The van der Waals surface area contributed by atoms with Crippen LogP contribution >= 0.6 is 15.9 Å². The molecular formula is C16H21BrFNO. The smallest absolute Gasteiger partial charge is 0.227 e. The van der Waals surface area contributed by atoms with Crippen molar-refractivity contribution in [3.05, 3.63) is 28.0 Å². The molecule has 0 aromatic heterocycles. The molecule has 1 amide bonds. The Balaban J connectivity index is 2.04. The molecule has 0 spiro atoms. The van der Waals surface area contributed by atoms with Gasteiger partial charge in [-0.2, -0.15) is 0 Å². The Kier molecular flexibility index (Phi) is 5.58. The molecule has 0 aliphatic heterocycles. The molecule has 1 aliphatic rings. The SMILES string of the molecule is Cc1cc(Br)c(F)cc1NC(=O)C1CCCCCCC1. The predicted octanol–water partition coefficient (Wildman–Crippen LogP) is 5.20. The van der Waals surface area contributed by atoms with Crippen molar-refractivity contribution in [3.63, 3.8) is 0 Å². The number of nitrogens with one attached hydrogen (secondary N) is 1. The van der Waals surface area contributed by atoms with E-state index in [4.69, 9.17) is 0 Å². The molecule has 2 nitrogen and oxygen atoms in total. The summed E-state index contributed by atoms with van der Waals surface area (Å²) in [5.41, 5.74) is 1.45. The number of hydrogen-bond acceptors (Lipinski definition) is 1. The second kappa shape index (κ2) is 7.21. The molecule has 1 aromatic carbocycles. The fraction of sp³-hybridized carbons (Fsp3) is 0.562. The maximum absolute atomic E-state index is 13.6. The van der Waals surface area contributed by atoms with Crippen LogP contribution in [0.1, 0.15) is 50.5 Å². The summed E-state index contributed by atoms with van der Waals surface area (Å²) in [5.74, 6) is -0.235. The first-order valence-corrected chi connectivity index (χ1v) is 8.13. The van der Waals surface area contributed by atoms with Crippen molar-refractivity contribution < 1.29 is 9.18 Å². The highest BCUT2D eigenvalue weighted by Crippen LogP contribution is 2.27. The third-order valence-electron chi connectivity index (χ3n) is 4.00. The lowest BCUT2D eigenvalue weighted by atomic mass is 9.90. The zero-order valence-corrected chi connectivity index (χ0v) is 13.4. The first-order chi connectivity index (χ1) is 9.58. The van der Waals surface area contributed by atoms with Crippen molar-refractivity contribution in [1.82, 2.24) is 0 Å². The molecule has 0 bridgehead atoms. The molecule has 0 atom stereocenters. The average molecular weight is 342 g/mol. The number of amides is 1. The third-order valence-corrected chi connectivity index (χ3v) is 4.61. The van der Waals surface area contributed by atoms with E-state index < -0.39 is 0 Å². The summed E-state index contributed by atoms with van der Waals surface area (Å²) in [6.07, 6.45) is 7.85. The van der Waals surface area contributed by atoms with Crippen LogP contribution in [0.3, 0.4) is 0 Å². The maximum Gasteiger partial charge on any atom is 0.227 e. The lowest BCUT2D eigenvalue weighted by Crippen LogP contribution is -2.24. The molecule has 1 fully saturated rings. The van der Waals surface area contributed by atoms with Crippen LogP contribution in [0.4, 0.5) is 10.1 Å². The summed E-state index contributed by atoms with van der Waals surface area (Å²) in [6.45, 7) is 1.87. The normalized spacial score (nSPS) is 17.4. The Labute approximate surface area is 128 Å². The highest BCUT2D eigenvalue weighted by molar-refractivity contribution is 9.10. The van der Waals surface area contributed by atoms with Crippen molar-refractivity contribution in [1.29, 1.82) is 0 Å². The zero-order valence-electron chi connectivity index (χ0n) is 11.8. The van der Waals surface area contributed by atoms with E-state index in [9.17, 15) is 9.18 Å². The van der Waals surface area contributed by atoms with Crippen LogP contribution < -0.4 is 5.32 Å². The van der Waals surface area contributed by atoms with Gasteiger partial charge in [-0.25, -0.2) is 4.39 Å². The van der Waals surface area contributed by atoms with Gasteiger partial charge in [0.2, 0.25) is 5.91 Å². The van der Waals surface area contributed by atoms with Crippen LogP contribution in [-0.4, -0.2) is 5.91 Å². The molecule has 0 saturated heterocycles. The summed E-state index contributed by atoms with van der Waals surface area (Å²) in [6, 6.07) is 3.09. The first-order valence-electron chi connectivity index (χ1n) is 7.34. The molecule has 0 unspecified atom stereocenters. The topological polar surface area (TPSA) is 29.1 Å². The Morgan fingerprint density at radius 3 is 2.45 bits per heavy atom. The van der Waals surface area contributed by atoms with Gasteiger partial charge in [-0.1, -0.05) is 32.1 Å². The summed E-state index contributed by atoms with van der Waals surface area (Å²) < 4.78 is 14.0. The van der Waals surface area contributed by atoms with E-state index in [2.05, 4.69) is 21.2 Å². The molecule has 1 aliphatic carbocycles. The van der Waals surface area contributed by atoms with Gasteiger partial charge in [-0.15, -0.1) is 0 Å². The fourth-order valence-corrected chi connectivity index (χ4v) is 3.19. The molecule has 0 heterocycles. The van der Waals surface area contributed by atoms with Crippen molar-refractivity contribution in [2.45, 2.75) is 51.9 Å². The Hall–Kier alpha value is -0.900. The summed E-state index contributed by atoms with van der Waals surface area (Å²) >= 11 is 3.15. The van der Waals surface area contributed by atoms with Gasteiger partial charge >= 0.3 is 0 Å². The molecule has 1 saturated carbocycles. The molecule has 4 heteroatoms. The van der Waals surface area contributed by atoms with E-state index in [0.29, 0.717) is 10.2 Å². The Morgan fingerprint density at radius 1 is 1.20 bits per heavy atom. The monoisotopic (exact) mass is 341 g/mol. The summed E-state index contributed by atoms with van der Waals surface area (Å²) in [5, 5.41) is 2.90. The number of anilines is 1. The van der Waals surface area contributed by atoms with E-state index in [1.165, 1.54) is 25.3 Å². The van der Waals surface area contributed by atoms with E-state index >= 15 is 0 Å². The van der Waals surface area contributed by atoms with Crippen LogP contribution in [0.5, 0.6) is 0 Å². The summed E-state index contributed by atoms with van der Waals surface area (Å²) in [7, 11) is 0. The molecular weight excluding hydrogens is 321 g/mol. The minimum Gasteiger partial charge on any atom is -0.326 e. The summed E-state index contributed by atoms with van der Waals surface area (Å²) in [4.78, 5) is 12.3. The molecule has 110 valence electrons. The van der Waals surface area contributed by atoms with E-state index in [-0.39, 0.29) is 17.6 Å². The zero-order chi connectivity index (χ0) is 14.5. The van der Waals surface area contributed by atoms with Gasteiger partial charge in [-0.05, 0) is 53.4 Å². The lowest BCUT2D eigenvalue weighted by Gasteiger charge is -2.20. The van der Waals surface area contributed by atoms with Crippen molar-refractivity contribution >= 4 is 27.5 Å². The third kappa shape index (κ3) is 4.05. The van der Waals surface area contributed by atoms with Gasteiger partial charge in [0.1, 0.15) is 5.82 Å². The molecule has 2 rings (SSSR count). The second-order valence-electron chi connectivity index (χ2n) is 5.61. The highest BCUT2D eigenvalue weighted by Gasteiger charge is 2.20. The van der Waals surface area contributed by atoms with Gasteiger partial charge < -0.3 is 5.32 Å². The predicted molar refractivity (Wildman–Crippen MR) is 83.3 cm³/mol. The van der Waals surface area contributed by atoms with Gasteiger partial charge in [0.25, 0.3) is 0 Å². The standard InChI is InChI=1S/C16H21BrFNO/c1-11-9-13(17)14(18)10-15(11)19-16(20)12-7-5-3-2-4-6-8-12/h9-10,12H,2-8H2,1H3,(H,19,20). The number of carbonyl (C=O) groups excluding carboxylic acids is 1. The van der Waals surface area contributed by atoms with E-state index in [0.717, 1.165) is 31.2 Å². The average Bonchev–Trinajstić information content (AvgIpc) is 2.35. The van der Waals surface area contributed by atoms with Crippen LogP contribution in [-0.2, 0) is 4.79 Å². The highest BCUT2D eigenvalue weighted by atomic mass is 79.9. The minimum absolute atomic E-state index is 0.0386. The van der Waals surface area contributed by atoms with Crippen molar-refractivity contribution in [3.8, 4) is 0 Å². The molecule has 0 radical (unpaired) electrons. The van der Waals surface area contributed by atoms with Crippen molar-refractivity contribution in [2.75, 3.05) is 5.32 Å². The van der Waals surface area contributed by atoms with Crippen LogP contribution in [0, 0.1) is 18.7 Å². The number of rotatable bonds is 2. The lowest BCUT2D eigenvalue weighted by molar-refractivity contribution is -0.120. The second-order valence-corrected chi connectivity index (χ2v) is 6.47. The maximum atomic E-state index is 13.6. The molecule has 20 heavy (non-hydrogen) atoms. The minimum atomic E-state index is -0.344. The number of halogens is 2. The molecule has 1 N–H and O–H groups in total. The number of carbonyl (C=O) groups is 1. The Morgan fingerprint density at radius 2 is 1.80 bits per heavy atom. The van der Waals surface area contributed by atoms with Gasteiger partial charge in [0.15, 0.2) is 0 Å². The quantitative estimate of drug-likeness (QED) is 0.787. The number of benzene rings is 1.